The Hall–Kier alpha value is -3.88. The number of phenols is 1. The number of aromatic hydroxyl groups is 1. The average molecular weight is 533 g/mol. The van der Waals surface area contributed by atoms with Crippen molar-refractivity contribution in [3.63, 3.8) is 0 Å². The first kappa shape index (κ1) is 28.1. The Morgan fingerprint density at radius 2 is 1.79 bits per heavy atom. The van der Waals surface area contributed by atoms with E-state index in [2.05, 4.69) is 22.3 Å². The van der Waals surface area contributed by atoms with Crippen molar-refractivity contribution in [2.24, 2.45) is 0 Å². The smallest absolute Gasteiger partial charge is 0.397 e. The second-order valence-corrected chi connectivity index (χ2v) is 9.80. The predicted molar refractivity (Wildman–Crippen MR) is 149 cm³/mol. The van der Waals surface area contributed by atoms with Gasteiger partial charge in [0.2, 0.25) is 0 Å². The highest BCUT2D eigenvalue weighted by atomic mass is 16.5. The van der Waals surface area contributed by atoms with Crippen LogP contribution in [0.5, 0.6) is 17.2 Å². The number of aryl methyl sites for hydroxylation is 2. The van der Waals surface area contributed by atoms with Crippen LogP contribution in [0.1, 0.15) is 42.0 Å². The molecule has 1 heterocycles. The molecule has 1 saturated heterocycles. The molecule has 1 aliphatic heterocycles. The Labute approximate surface area is 229 Å². The van der Waals surface area contributed by atoms with E-state index in [9.17, 15) is 14.7 Å². The lowest BCUT2D eigenvalue weighted by molar-refractivity contribution is -0.152. The van der Waals surface area contributed by atoms with Crippen LogP contribution in [0.2, 0.25) is 0 Å². The molecular formula is C31H36N2O6. The van der Waals surface area contributed by atoms with Crippen molar-refractivity contribution in [1.29, 1.82) is 0 Å². The molecule has 0 spiro atoms. The van der Waals surface area contributed by atoms with Crippen LogP contribution in [0, 0.1) is 13.8 Å². The molecule has 1 fully saturated rings. The Morgan fingerprint density at radius 1 is 1.05 bits per heavy atom. The summed E-state index contributed by atoms with van der Waals surface area (Å²) in [6, 6.07) is 19.0. The number of phenolic OH excluding ortho intramolecular Hbond substituents is 1. The minimum atomic E-state index is -0.925. The van der Waals surface area contributed by atoms with Gasteiger partial charge in [-0.25, -0.2) is 4.79 Å². The number of anilines is 1. The number of ether oxygens (including phenoxy) is 3. The van der Waals surface area contributed by atoms with Crippen LogP contribution in [-0.4, -0.2) is 47.7 Å². The summed E-state index contributed by atoms with van der Waals surface area (Å²) in [7, 11) is 0. The van der Waals surface area contributed by atoms with E-state index in [1.165, 1.54) is 5.56 Å². The summed E-state index contributed by atoms with van der Waals surface area (Å²) in [5.74, 6) is -0.310. The third-order valence-corrected chi connectivity index (χ3v) is 6.58. The summed E-state index contributed by atoms with van der Waals surface area (Å²) in [6.07, 6.45) is 2.29. The van der Waals surface area contributed by atoms with Crippen LogP contribution in [0.25, 0.3) is 0 Å². The van der Waals surface area contributed by atoms with Crippen molar-refractivity contribution in [3.8, 4) is 17.2 Å². The van der Waals surface area contributed by atoms with Gasteiger partial charge in [-0.15, -0.1) is 0 Å². The van der Waals surface area contributed by atoms with Crippen molar-refractivity contribution in [2.45, 2.75) is 52.8 Å². The molecule has 0 aliphatic carbocycles. The fraction of sp³-hybridized carbons (Fsp3) is 0.355. The largest absolute Gasteiger partial charge is 0.508 e. The number of hydrogen-bond acceptors (Lipinski definition) is 7. The van der Waals surface area contributed by atoms with Crippen LogP contribution in [0.4, 0.5) is 5.69 Å². The molecule has 8 nitrogen and oxygen atoms in total. The number of carbonyl (C=O) groups is 2. The maximum absolute atomic E-state index is 12.0. The van der Waals surface area contributed by atoms with Crippen molar-refractivity contribution < 1.29 is 28.9 Å². The maximum atomic E-state index is 12.0. The van der Waals surface area contributed by atoms with Gasteiger partial charge in [0.25, 0.3) is 0 Å². The van der Waals surface area contributed by atoms with Gasteiger partial charge in [-0.05, 0) is 80.6 Å². The van der Waals surface area contributed by atoms with Gasteiger partial charge in [0.15, 0.2) is 0 Å². The summed E-state index contributed by atoms with van der Waals surface area (Å²) < 4.78 is 16.9. The molecule has 0 radical (unpaired) electrons. The van der Waals surface area contributed by atoms with Crippen LogP contribution >= 0.6 is 0 Å². The van der Waals surface area contributed by atoms with Gasteiger partial charge in [-0.1, -0.05) is 30.3 Å². The van der Waals surface area contributed by atoms with Crippen molar-refractivity contribution in [1.82, 2.24) is 4.90 Å². The van der Waals surface area contributed by atoms with Crippen LogP contribution in [0.15, 0.2) is 60.7 Å². The summed E-state index contributed by atoms with van der Waals surface area (Å²) in [5.41, 5.74) is 4.01. The summed E-state index contributed by atoms with van der Waals surface area (Å²) in [4.78, 5) is 26.0. The van der Waals surface area contributed by atoms with Crippen molar-refractivity contribution in [2.75, 3.05) is 25.1 Å². The molecule has 206 valence electrons. The molecule has 4 rings (SSSR count). The molecule has 8 heteroatoms. The summed E-state index contributed by atoms with van der Waals surface area (Å²) in [6.45, 7) is 8.35. The lowest BCUT2D eigenvalue weighted by Gasteiger charge is -2.26. The fourth-order valence-electron chi connectivity index (χ4n) is 4.78. The molecule has 3 aromatic rings. The highest BCUT2D eigenvalue weighted by Crippen LogP contribution is 2.34. The van der Waals surface area contributed by atoms with Gasteiger partial charge in [-0.3, -0.25) is 9.69 Å². The molecule has 0 saturated carbocycles. The van der Waals surface area contributed by atoms with E-state index in [-0.39, 0.29) is 18.5 Å². The van der Waals surface area contributed by atoms with E-state index >= 15 is 0 Å². The van der Waals surface area contributed by atoms with E-state index in [4.69, 9.17) is 14.2 Å². The van der Waals surface area contributed by atoms with Crippen molar-refractivity contribution >= 4 is 17.6 Å². The first-order valence-electron chi connectivity index (χ1n) is 13.3. The number of esters is 1. The van der Waals surface area contributed by atoms with Crippen LogP contribution < -0.4 is 10.1 Å². The number of benzene rings is 3. The fourth-order valence-corrected chi connectivity index (χ4v) is 4.78. The first-order valence-corrected chi connectivity index (χ1v) is 13.3. The first-order chi connectivity index (χ1) is 18.8. The zero-order chi connectivity index (χ0) is 27.8. The second kappa shape index (κ2) is 13.3. The third kappa shape index (κ3) is 7.81. The number of amides is 1. The summed E-state index contributed by atoms with van der Waals surface area (Å²) >= 11 is 0. The standard InChI is InChI=1S/C31H36N2O6/c1-4-37-31(36)30(35)32-25-15-21(2)29(22(3)16-25)39-26-12-13-28(34)24(17-26)19-33(20-27-11-8-14-38-27)18-23-9-6-5-7-10-23/h5-7,9-10,12-13,15-17,27,34H,4,8,11,14,18-20H2,1-3H3,(H,32,35). The summed E-state index contributed by atoms with van der Waals surface area (Å²) in [5, 5.41) is 13.3. The SMILES string of the molecule is CCOC(=O)C(=O)Nc1cc(C)c(Oc2ccc(O)c(CN(Cc3ccccc3)CC3CCCO3)c2)c(C)c1. The van der Waals surface area contributed by atoms with Gasteiger partial charge in [-0.2, -0.15) is 0 Å². The van der Waals surface area contributed by atoms with E-state index in [1.807, 2.05) is 38.1 Å². The molecular weight excluding hydrogens is 496 g/mol. The molecule has 1 unspecified atom stereocenters. The molecule has 1 atom stereocenters. The van der Waals surface area contributed by atoms with Gasteiger partial charge < -0.3 is 24.6 Å². The molecule has 39 heavy (non-hydrogen) atoms. The Kier molecular flexibility index (Phi) is 9.57. The van der Waals surface area contributed by atoms with Crippen LogP contribution in [-0.2, 0) is 32.2 Å². The predicted octanol–water partition coefficient (Wildman–Crippen LogP) is 5.48. The molecule has 3 aromatic carbocycles. The highest BCUT2D eigenvalue weighted by Gasteiger charge is 2.21. The van der Waals surface area contributed by atoms with E-state index in [0.717, 1.165) is 49.2 Å². The molecule has 0 aromatic heterocycles. The van der Waals surface area contributed by atoms with Gasteiger partial charge in [0, 0.05) is 37.5 Å². The highest BCUT2D eigenvalue weighted by molar-refractivity contribution is 6.37. The number of nitrogens with zero attached hydrogens (tertiary/aromatic N) is 1. The van der Waals surface area contributed by atoms with Crippen LogP contribution in [0.3, 0.4) is 0 Å². The van der Waals surface area contributed by atoms with Gasteiger partial charge in [0.1, 0.15) is 17.2 Å². The molecule has 1 aliphatic rings. The average Bonchev–Trinajstić information content (AvgIpc) is 3.42. The lowest BCUT2D eigenvalue weighted by atomic mass is 10.1. The minimum absolute atomic E-state index is 0.129. The number of nitrogens with one attached hydrogen (secondary N) is 1. The number of rotatable bonds is 10. The quantitative estimate of drug-likeness (QED) is 0.263. The minimum Gasteiger partial charge on any atom is -0.508 e. The number of carbonyl (C=O) groups excluding carboxylic acids is 2. The van der Waals surface area contributed by atoms with Gasteiger partial charge in [0.05, 0.1) is 12.7 Å². The molecule has 1 amide bonds. The zero-order valence-corrected chi connectivity index (χ0v) is 22.7. The zero-order valence-electron chi connectivity index (χ0n) is 22.7. The lowest BCUT2D eigenvalue weighted by Crippen LogP contribution is -2.31. The van der Waals surface area contributed by atoms with E-state index in [1.54, 1.807) is 31.2 Å². The van der Waals surface area contributed by atoms with E-state index in [0.29, 0.717) is 23.7 Å². The normalized spacial score (nSPS) is 14.8. The molecule has 0 bridgehead atoms. The van der Waals surface area contributed by atoms with Gasteiger partial charge >= 0.3 is 11.9 Å². The second-order valence-electron chi connectivity index (χ2n) is 9.80. The Bertz CT molecular complexity index is 1260. The monoisotopic (exact) mass is 532 g/mol. The van der Waals surface area contributed by atoms with Crippen molar-refractivity contribution in [3.05, 3.63) is 82.9 Å². The Morgan fingerprint density at radius 3 is 2.46 bits per heavy atom. The number of hydrogen-bond donors (Lipinski definition) is 2. The third-order valence-electron chi connectivity index (χ3n) is 6.58. The van der Waals surface area contributed by atoms with E-state index < -0.39 is 11.9 Å². The topological polar surface area (TPSA) is 97.3 Å². The molecule has 2 N–H and O–H groups in total. The maximum Gasteiger partial charge on any atom is 0.397 e. The Balaban J connectivity index is 1.50.